The van der Waals surface area contributed by atoms with E-state index >= 15 is 0 Å². The van der Waals surface area contributed by atoms with Crippen molar-refractivity contribution >= 4 is 14.3 Å². The lowest BCUT2D eigenvalue weighted by Gasteiger charge is -2.33. The molecule has 2 fully saturated rings. The minimum Gasteiger partial charge on any atom is -0.310 e. The first kappa shape index (κ1) is 14.1. The number of fused-ring (bicyclic) bond motifs is 1. The van der Waals surface area contributed by atoms with E-state index in [0.717, 1.165) is 0 Å². The average Bonchev–Trinajstić information content (AvgIpc) is 2.98. The smallest absolute Gasteiger partial charge is 0.310 e. The van der Waals surface area contributed by atoms with Gasteiger partial charge in [0.2, 0.25) is 0 Å². The van der Waals surface area contributed by atoms with Gasteiger partial charge in [0.25, 0.3) is 8.32 Å². The van der Waals surface area contributed by atoms with Gasteiger partial charge in [0.15, 0.2) is 0 Å². The molecule has 2 aliphatic carbocycles. The zero-order chi connectivity index (χ0) is 13.6. The lowest BCUT2D eigenvalue weighted by molar-refractivity contribution is -0.224. The Morgan fingerprint density at radius 1 is 1.11 bits per heavy atom. The summed E-state index contributed by atoms with van der Waals surface area (Å²) in [5.74, 6) is 1.21. The summed E-state index contributed by atoms with van der Waals surface area (Å²) in [6.07, 6.45) is 4.94. The highest BCUT2D eigenvalue weighted by atomic mass is 28.4. The molecule has 3 nitrogen and oxygen atoms in total. The van der Waals surface area contributed by atoms with Crippen molar-refractivity contribution in [2.24, 2.45) is 17.8 Å². The van der Waals surface area contributed by atoms with Gasteiger partial charge in [0.05, 0.1) is 5.92 Å². The number of rotatable bonds is 3. The molecule has 0 aromatic carbocycles. The quantitative estimate of drug-likeness (QED) is 0.443. The lowest BCUT2D eigenvalue weighted by Crippen LogP contribution is -2.41. The molecule has 2 aliphatic rings. The second kappa shape index (κ2) is 4.64. The molecule has 0 N–H and O–H groups in total. The molecule has 0 saturated heterocycles. The fourth-order valence-electron chi connectivity index (χ4n) is 2.67. The third-order valence-corrected chi connectivity index (χ3v) is 9.18. The summed E-state index contributed by atoms with van der Waals surface area (Å²) in [6, 6.07) is 0. The molecular weight excluding hydrogens is 244 g/mol. The first-order chi connectivity index (χ1) is 8.24. The Bertz CT molecular complexity index is 320. The molecule has 104 valence electrons. The van der Waals surface area contributed by atoms with Crippen LogP contribution < -0.4 is 0 Å². The second-order valence-electron chi connectivity index (χ2n) is 7.38. The van der Waals surface area contributed by atoms with Gasteiger partial charge >= 0.3 is 5.97 Å². The maximum atomic E-state index is 12.0. The van der Waals surface area contributed by atoms with Crippen LogP contribution in [0.4, 0.5) is 0 Å². The second-order valence-corrected chi connectivity index (χ2v) is 12.1. The fourth-order valence-corrected chi connectivity index (χ4v) is 3.21. The van der Waals surface area contributed by atoms with Crippen LogP contribution in [0.25, 0.3) is 0 Å². The molecule has 2 saturated carbocycles. The van der Waals surface area contributed by atoms with Gasteiger partial charge in [-0.3, -0.25) is 0 Å². The summed E-state index contributed by atoms with van der Waals surface area (Å²) in [5, 5.41) is 0.0730. The van der Waals surface area contributed by atoms with Crippen LogP contribution in [-0.2, 0) is 14.3 Å². The first-order valence-corrected chi connectivity index (χ1v) is 10.0. The topological polar surface area (TPSA) is 35.5 Å². The number of carbonyl (C=O) groups is 1. The summed E-state index contributed by atoms with van der Waals surface area (Å²) >= 11 is 0. The van der Waals surface area contributed by atoms with Gasteiger partial charge in [-0.05, 0) is 42.8 Å². The summed E-state index contributed by atoms with van der Waals surface area (Å²) in [6.45, 7) is 10.6. The normalized spacial score (nSPS) is 31.7. The minimum atomic E-state index is -1.98. The number of hydrogen-bond acceptors (Lipinski definition) is 3. The number of hydrogen-bond donors (Lipinski definition) is 0. The average molecular weight is 270 g/mol. The molecular formula is C14H26O3Si. The molecule has 0 aromatic heterocycles. The third kappa shape index (κ3) is 2.64. The Morgan fingerprint density at radius 3 is 2.06 bits per heavy atom. The molecule has 0 radical (unpaired) electrons. The van der Waals surface area contributed by atoms with E-state index in [0.29, 0.717) is 11.8 Å². The van der Waals surface area contributed by atoms with E-state index in [-0.39, 0.29) is 16.9 Å². The Labute approximate surface area is 111 Å². The van der Waals surface area contributed by atoms with Crippen LogP contribution in [0.5, 0.6) is 0 Å². The van der Waals surface area contributed by atoms with Crippen LogP contribution in [-0.4, -0.2) is 14.3 Å². The monoisotopic (exact) mass is 270 g/mol. The molecule has 0 heterocycles. The van der Waals surface area contributed by atoms with Gasteiger partial charge < -0.3 is 4.89 Å². The van der Waals surface area contributed by atoms with Crippen LogP contribution in [0.1, 0.15) is 46.5 Å². The van der Waals surface area contributed by atoms with Gasteiger partial charge in [-0.15, -0.1) is 0 Å². The van der Waals surface area contributed by atoms with E-state index in [2.05, 4.69) is 33.9 Å². The zero-order valence-corrected chi connectivity index (χ0v) is 13.3. The highest BCUT2D eigenvalue weighted by molar-refractivity contribution is 6.73. The van der Waals surface area contributed by atoms with Gasteiger partial charge in [-0.25, -0.2) is 9.37 Å². The maximum absolute atomic E-state index is 12.0. The molecule has 18 heavy (non-hydrogen) atoms. The van der Waals surface area contributed by atoms with Crippen molar-refractivity contribution < 1.29 is 14.3 Å². The Morgan fingerprint density at radius 2 is 1.61 bits per heavy atom. The highest BCUT2D eigenvalue weighted by Gasteiger charge is 2.56. The predicted molar refractivity (Wildman–Crippen MR) is 73.3 cm³/mol. The molecule has 0 aliphatic heterocycles. The Balaban J connectivity index is 1.83. The molecule has 0 bridgehead atoms. The molecule has 0 spiro atoms. The van der Waals surface area contributed by atoms with E-state index in [4.69, 9.17) is 9.46 Å². The SMILES string of the molecule is CC(C)(C)[Si](C)(C)OOC(=O)C1C2CCCCC21. The van der Waals surface area contributed by atoms with E-state index in [9.17, 15) is 4.79 Å². The molecule has 0 amide bonds. The predicted octanol–water partition coefficient (Wildman–Crippen LogP) is 3.90. The molecule has 2 rings (SSSR count). The van der Waals surface area contributed by atoms with Crippen LogP contribution >= 0.6 is 0 Å². The van der Waals surface area contributed by atoms with Crippen molar-refractivity contribution in [2.75, 3.05) is 0 Å². The third-order valence-electron chi connectivity index (χ3n) is 5.07. The summed E-state index contributed by atoms with van der Waals surface area (Å²) in [5.41, 5.74) is 0. The van der Waals surface area contributed by atoms with Crippen molar-refractivity contribution in [3.8, 4) is 0 Å². The van der Waals surface area contributed by atoms with Crippen molar-refractivity contribution in [3.63, 3.8) is 0 Å². The lowest BCUT2D eigenvalue weighted by atomic mass is 10.0. The maximum Gasteiger partial charge on any atom is 0.344 e. The van der Waals surface area contributed by atoms with Crippen LogP contribution in [0.3, 0.4) is 0 Å². The van der Waals surface area contributed by atoms with Crippen molar-refractivity contribution in [2.45, 2.75) is 64.6 Å². The Kier molecular flexibility index (Phi) is 3.62. The molecule has 2 atom stereocenters. The molecule has 4 heteroatoms. The van der Waals surface area contributed by atoms with E-state index in [1.807, 2.05) is 0 Å². The van der Waals surface area contributed by atoms with Gasteiger partial charge in [-0.1, -0.05) is 33.6 Å². The first-order valence-electron chi connectivity index (χ1n) is 7.13. The highest BCUT2D eigenvalue weighted by Crippen LogP contribution is 2.56. The van der Waals surface area contributed by atoms with Crippen LogP contribution in [0.15, 0.2) is 0 Å². The zero-order valence-electron chi connectivity index (χ0n) is 12.3. The molecule has 0 aromatic rings. The van der Waals surface area contributed by atoms with Gasteiger partial charge in [0.1, 0.15) is 0 Å². The van der Waals surface area contributed by atoms with Crippen molar-refractivity contribution in [3.05, 3.63) is 0 Å². The van der Waals surface area contributed by atoms with Gasteiger partial charge in [0, 0.05) is 0 Å². The van der Waals surface area contributed by atoms with Crippen molar-refractivity contribution in [1.29, 1.82) is 0 Å². The van der Waals surface area contributed by atoms with Crippen LogP contribution in [0, 0.1) is 17.8 Å². The van der Waals surface area contributed by atoms with Gasteiger partial charge in [-0.2, -0.15) is 0 Å². The summed E-state index contributed by atoms with van der Waals surface area (Å²) in [4.78, 5) is 17.2. The largest absolute Gasteiger partial charge is 0.344 e. The van der Waals surface area contributed by atoms with Crippen molar-refractivity contribution in [1.82, 2.24) is 0 Å². The summed E-state index contributed by atoms with van der Waals surface area (Å²) in [7, 11) is -1.98. The molecule has 2 unspecified atom stereocenters. The minimum absolute atomic E-state index is 0.0730. The van der Waals surface area contributed by atoms with E-state index in [1.54, 1.807) is 0 Å². The van der Waals surface area contributed by atoms with E-state index < -0.39 is 8.32 Å². The van der Waals surface area contributed by atoms with Crippen LogP contribution in [0.2, 0.25) is 18.1 Å². The number of carbonyl (C=O) groups excluding carboxylic acids is 1. The fraction of sp³-hybridized carbons (Fsp3) is 0.929. The Hall–Kier alpha value is -0.353. The standard InChI is InChI=1S/C14H26O3Si/c1-14(2,3)18(4,5)17-16-13(15)12-10-8-6-7-9-11(10)12/h10-12H,6-9H2,1-5H3. The van der Waals surface area contributed by atoms with E-state index in [1.165, 1.54) is 25.7 Å². The summed E-state index contributed by atoms with van der Waals surface area (Å²) < 4.78 is 5.55.